The number of hydrogen-bond donors (Lipinski definition) is 1. The molecule has 0 N–H and O–H groups in total. The molecule has 0 saturated carbocycles. The molecular weight excluding hydrogens is 228 g/mol. The Kier molecular flexibility index (Phi) is 9.09. The number of thiol groups is 1. The largest absolute Gasteiger partial charge is 0.464 e. The van der Waals surface area contributed by atoms with Crippen LogP contribution in [0.4, 0.5) is 0 Å². The zero-order chi connectivity index (χ0) is 12.4. The minimum atomic E-state index is -1.12. The van der Waals surface area contributed by atoms with Gasteiger partial charge in [0.15, 0.2) is 5.25 Å². The molecule has 0 radical (unpaired) electrons. The molecule has 5 heteroatoms. The molecule has 0 aliphatic carbocycles. The van der Waals surface area contributed by atoms with Crippen molar-refractivity contribution in [3.8, 4) is 0 Å². The van der Waals surface area contributed by atoms with Gasteiger partial charge in [-0.2, -0.15) is 12.6 Å². The second kappa shape index (κ2) is 9.51. The minimum Gasteiger partial charge on any atom is -0.464 e. The molecule has 0 bridgehead atoms. The van der Waals surface area contributed by atoms with Crippen molar-refractivity contribution in [2.24, 2.45) is 0 Å². The SMILES string of the molecule is CCCCOC(=O)C(S)C(=O)OCCCC. The summed E-state index contributed by atoms with van der Waals surface area (Å²) >= 11 is 3.88. The highest BCUT2D eigenvalue weighted by atomic mass is 32.1. The van der Waals surface area contributed by atoms with Gasteiger partial charge in [0, 0.05) is 0 Å². The highest BCUT2D eigenvalue weighted by Crippen LogP contribution is 2.03. The lowest BCUT2D eigenvalue weighted by atomic mass is 10.3. The van der Waals surface area contributed by atoms with E-state index in [0.717, 1.165) is 25.7 Å². The summed E-state index contributed by atoms with van der Waals surface area (Å²) in [5.41, 5.74) is 0. The molecule has 94 valence electrons. The van der Waals surface area contributed by atoms with E-state index in [-0.39, 0.29) is 0 Å². The first-order chi connectivity index (χ1) is 7.63. The molecule has 0 spiro atoms. The topological polar surface area (TPSA) is 52.6 Å². The lowest BCUT2D eigenvalue weighted by Crippen LogP contribution is -2.29. The molecule has 4 nitrogen and oxygen atoms in total. The third kappa shape index (κ3) is 6.71. The van der Waals surface area contributed by atoms with Crippen molar-refractivity contribution < 1.29 is 19.1 Å². The van der Waals surface area contributed by atoms with Gasteiger partial charge in [-0.05, 0) is 12.8 Å². The molecule has 0 saturated heterocycles. The highest BCUT2D eigenvalue weighted by Gasteiger charge is 2.25. The summed E-state index contributed by atoms with van der Waals surface area (Å²) in [4.78, 5) is 22.6. The van der Waals surface area contributed by atoms with Gasteiger partial charge in [0.05, 0.1) is 13.2 Å². The molecule has 0 amide bonds. The van der Waals surface area contributed by atoms with E-state index in [0.29, 0.717) is 13.2 Å². The molecule has 0 aliphatic rings. The van der Waals surface area contributed by atoms with Crippen LogP contribution in [0, 0.1) is 0 Å². The lowest BCUT2D eigenvalue weighted by molar-refractivity contribution is -0.153. The maximum atomic E-state index is 11.3. The number of esters is 2. The monoisotopic (exact) mass is 248 g/mol. The first-order valence-corrected chi connectivity index (χ1v) is 6.16. The first kappa shape index (κ1) is 15.3. The number of carbonyl (C=O) groups excluding carboxylic acids is 2. The first-order valence-electron chi connectivity index (χ1n) is 5.64. The second-order valence-electron chi connectivity index (χ2n) is 3.44. The number of unbranched alkanes of at least 4 members (excludes halogenated alkanes) is 2. The van der Waals surface area contributed by atoms with Crippen molar-refractivity contribution in [2.45, 2.75) is 44.8 Å². The Hall–Kier alpha value is -0.710. The van der Waals surface area contributed by atoms with E-state index in [4.69, 9.17) is 9.47 Å². The van der Waals surface area contributed by atoms with Crippen LogP contribution in [0.15, 0.2) is 0 Å². The molecule has 0 heterocycles. The van der Waals surface area contributed by atoms with Gasteiger partial charge in [-0.25, -0.2) is 0 Å². The summed E-state index contributed by atoms with van der Waals surface area (Å²) in [7, 11) is 0. The average molecular weight is 248 g/mol. The van der Waals surface area contributed by atoms with E-state index in [1.54, 1.807) is 0 Å². The minimum absolute atomic E-state index is 0.328. The van der Waals surface area contributed by atoms with Crippen molar-refractivity contribution in [2.75, 3.05) is 13.2 Å². The fraction of sp³-hybridized carbons (Fsp3) is 0.818. The summed E-state index contributed by atoms with van der Waals surface area (Å²) in [6.07, 6.45) is 3.45. The third-order valence-corrected chi connectivity index (χ3v) is 2.35. The fourth-order valence-electron chi connectivity index (χ4n) is 0.888. The van der Waals surface area contributed by atoms with E-state index < -0.39 is 17.2 Å². The fourth-order valence-corrected chi connectivity index (χ4v) is 1.04. The maximum Gasteiger partial charge on any atom is 0.330 e. The molecule has 0 rings (SSSR count). The highest BCUT2D eigenvalue weighted by molar-refractivity contribution is 7.82. The van der Waals surface area contributed by atoms with Gasteiger partial charge in [-0.15, -0.1) is 0 Å². The van der Waals surface area contributed by atoms with Crippen LogP contribution in [-0.2, 0) is 19.1 Å². The van der Waals surface area contributed by atoms with Gasteiger partial charge in [0.2, 0.25) is 0 Å². The molecular formula is C11H20O4S. The Morgan fingerprint density at radius 3 is 1.69 bits per heavy atom. The van der Waals surface area contributed by atoms with Gasteiger partial charge in [0.25, 0.3) is 0 Å². The molecule has 0 aliphatic heterocycles. The second-order valence-corrected chi connectivity index (χ2v) is 3.96. The van der Waals surface area contributed by atoms with Crippen LogP contribution in [-0.4, -0.2) is 30.4 Å². The van der Waals surface area contributed by atoms with Crippen LogP contribution in [0.25, 0.3) is 0 Å². The van der Waals surface area contributed by atoms with Crippen molar-refractivity contribution in [3.05, 3.63) is 0 Å². The van der Waals surface area contributed by atoms with Gasteiger partial charge in [0.1, 0.15) is 0 Å². The summed E-state index contributed by atoms with van der Waals surface area (Å²) in [6.45, 7) is 4.64. The molecule has 16 heavy (non-hydrogen) atoms. The normalized spacial score (nSPS) is 10.2. The summed E-state index contributed by atoms with van der Waals surface area (Å²) in [5.74, 6) is -1.25. The summed E-state index contributed by atoms with van der Waals surface area (Å²) in [6, 6.07) is 0. The molecule has 0 aromatic heterocycles. The van der Waals surface area contributed by atoms with Gasteiger partial charge < -0.3 is 9.47 Å². The maximum absolute atomic E-state index is 11.3. The van der Waals surface area contributed by atoms with Gasteiger partial charge in [-0.3, -0.25) is 9.59 Å². The Morgan fingerprint density at radius 2 is 1.38 bits per heavy atom. The van der Waals surface area contributed by atoms with Crippen LogP contribution in [0.2, 0.25) is 0 Å². The zero-order valence-electron chi connectivity index (χ0n) is 9.90. The number of hydrogen-bond acceptors (Lipinski definition) is 5. The summed E-state index contributed by atoms with van der Waals surface area (Å²) in [5, 5.41) is -1.12. The van der Waals surface area contributed by atoms with Crippen molar-refractivity contribution >= 4 is 24.6 Å². The van der Waals surface area contributed by atoms with E-state index in [2.05, 4.69) is 12.6 Å². The van der Waals surface area contributed by atoms with Gasteiger partial charge in [-0.1, -0.05) is 26.7 Å². The molecule has 0 aromatic rings. The molecule has 0 unspecified atom stereocenters. The van der Waals surface area contributed by atoms with E-state index >= 15 is 0 Å². The predicted octanol–water partition coefficient (Wildman–Crippen LogP) is 1.97. The standard InChI is InChI=1S/C11H20O4S/c1-3-5-7-14-10(12)9(16)11(13)15-8-6-4-2/h9,16H,3-8H2,1-2H3. The van der Waals surface area contributed by atoms with Crippen molar-refractivity contribution in [3.63, 3.8) is 0 Å². The van der Waals surface area contributed by atoms with E-state index in [1.165, 1.54) is 0 Å². The van der Waals surface area contributed by atoms with Crippen LogP contribution in [0.5, 0.6) is 0 Å². The third-order valence-electron chi connectivity index (χ3n) is 1.93. The smallest absolute Gasteiger partial charge is 0.330 e. The van der Waals surface area contributed by atoms with Crippen LogP contribution in [0.3, 0.4) is 0 Å². The molecule has 0 fully saturated rings. The quantitative estimate of drug-likeness (QED) is 0.309. The number of ether oxygens (including phenoxy) is 2. The average Bonchev–Trinajstić information content (AvgIpc) is 2.28. The van der Waals surface area contributed by atoms with Gasteiger partial charge >= 0.3 is 11.9 Å². The Bertz CT molecular complexity index is 196. The lowest BCUT2D eigenvalue weighted by Gasteiger charge is -2.10. The Morgan fingerprint density at radius 1 is 1.00 bits per heavy atom. The zero-order valence-corrected chi connectivity index (χ0v) is 10.8. The number of carbonyl (C=O) groups is 2. The Balaban J connectivity index is 3.78. The predicted molar refractivity (Wildman–Crippen MR) is 64.5 cm³/mol. The summed E-state index contributed by atoms with van der Waals surface area (Å²) < 4.78 is 9.71. The number of rotatable bonds is 8. The Labute approximate surface area is 102 Å². The van der Waals surface area contributed by atoms with E-state index in [9.17, 15) is 9.59 Å². The van der Waals surface area contributed by atoms with E-state index in [1.807, 2.05) is 13.8 Å². The van der Waals surface area contributed by atoms with Crippen molar-refractivity contribution in [1.29, 1.82) is 0 Å². The van der Waals surface area contributed by atoms with Crippen LogP contribution < -0.4 is 0 Å². The molecule has 0 atom stereocenters. The molecule has 0 aromatic carbocycles. The van der Waals surface area contributed by atoms with Crippen LogP contribution >= 0.6 is 12.6 Å². The van der Waals surface area contributed by atoms with Crippen molar-refractivity contribution in [1.82, 2.24) is 0 Å². The van der Waals surface area contributed by atoms with Crippen LogP contribution in [0.1, 0.15) is 39.5 Å².